The molecule has 2 unspecified atom stereocenters. The molecule has 1 aliphatic carbocycles. The van der Waals surface area contributed by atoms with Crippen molar-refractivity contribution < 1.29 is 37.6 Å². The predicted molar refractivity (Wildman–Crippen MR) is 161 cm³/mol. The molecule has 5 heterocycles. The van der Waals surface area contributed by atoms with E-state index in [1.165, 1.54) is 0 Å². The standard InChI is InChI=1S/C30H38BrClF2N4O6/c31-22-23(32)26(42-15-19(35-18-5-11-40-14-18)30(7-8-30)44-20-4-1-2-10-41-20)21-25(24(22)34)36-28(37-27(21)39)43-16-29-6-3-9-38(29)13-17(33)12-29/h17-20,35H,1-16H2,(H,36,37,39)/t17-,18?,19-,20?,29+/m1/s1. The van der Waals surface area contributed by atoms with Gasteiger partial charge < -0.3 is 34.1 Å². The molecular formula is C30H38BrClF2N4O6. The molecule has 0 radical (unpaired) electrons. The average Bonchev–Trinajstić information content (AvgIpc) is 3.29. The number of halogens is 4. The summed E-state index contributed by atoms with van der Waals surface area (Å²) < 4.78 is 60.0. The third-order valence-corrected chi connectivity index (χ3v) is 11.1. The molecule has 14 heteroatoms. The SMILES string of the molecule is Oc1nc(OC[C@@]23CCCN2C[C@H](F)C3)nc2c(F)c(Br)c(Cl)c(OC[C@@H](NC3CCOC3)C3(OC4CCCCO4)CC3)c12. The predicted octanol–water partition coefficient (Wildman–Crippen LogP) is 5.05. The lowest BCUT2D eigenvalue weighted by molar-refractivity contribution is -0.205. The zero-order chi connectivity index (χ0) is 30.5. The van der Waals surface area contributed by atoms with E-state index in [1.54, 1.807) is 0 Å². The Balaban J connectivity index is 1.14. The van der Waals surface area contributed by atoms with E-state index in [1.807, 2.05) is 0 Å². The molecule has 1 aromatic heterocycles. The Morgan fingerprint density at radius 3 is 2.77 bits per heavy atom. The Hall–Kier alpha value is -1.61. The van der Waals surface area contributed by atoms with Gasteiger partial charge in [-0.15, -0.1) is 0 Å². The number of nitrogens with one attached hydrogen (secondary N) is 1. The van der Waals surface area contributed by atoms with Gasteiger partial charge in [-0.1, -0.05) is 11.6 Å². The third kappa shape index (κ3) is 5.98. The van der Waals surface area contributed by atoms with Gasteiger partial charge in [-0.3, -0.25) is 4.90 Å². The van der Waals surface area contributed by atoms with Crippen molar-refractivity contribution in [2.45, 2.75) is 93.5 Å². The van der Waals surface area contributed by atoms with E-state index < -0.39 is 29.0 Å². The van der Waals surface area contributed by atoms with Crippen LogP contribution in [0.15, 0.2) is 4.47 Å². The second kappa shape index (κ2) is 12.5. The molecule has 1 aromatic carbocycles. The zero-order valence-corrected chi connectivity index (χ0v) is 26.8. The highest BCUT2D eigenvalue weighted by molar-refractivity contribution is 9.10. The average molecular weight is 704 g/mol. The zero-order valence-electron chi connectivity index (χ0n) is 24.5. The van der Waals surface area contributed by atoms with Gasteiger partial charge in [-0.2, -0.15) is 9.97 Å². The molecule has 4 aliphatic heterocycles. The molecule has 2 aromatic rings. The van der Waals surface area contributed by atoms with Gasteiger partial charge in [0.05, 0.1) is 28.3 Å². The highest BCUT2D eigenvalue weighted by atomic mass is 79.9. The number of hydrogen-bond acceptors (Lipinski definition) is 10. The number of aromatic nitrogens is 2. The second-order valence-corrected chi connectivity index (χ2v) is 13.9. The van der Waals surface area contributed by atoms with Crippen LogP contribution < -0.4 is 14.8 Å². The first-order valence-electron chi connectivity index (χ1n) is 15.6. The molecule has 0 spiro atoms. The Bertz CT molecular complexity index is 1380. The van der Waals surface area contributed by atoms with E-state index in [0.717, 1.165) is 57.9 Å². The minimum atomic E-state index is -0.921. The molecule has 5 atom stereocenters. The number of fused-ring (bicyclic) bond motifs is 2. The number of alkyl halides is 1. The molecule has 44 heavy (non-hydrogen) atoms. The van der Waals surface area contributed by atoms with Crippen LogP contribution in [0.25, 0.3) is 10.9 Å². The molecule has 242 valence electrons. The van der Waals surface area contributed by atoms with E-state index in [0.29, 0.717) is 32.8 Å². The Morgan fingerprint density at radius 1 is 1.16 bits per heavy atom. The van der Waals surface area contributed by atoms with E-state index in [2.05, 4.69) is 36.1 Å². The topological polar surface area (TPSA) is 107 Å². The Morgan fingerprint density at radius 2 is 2.02 bits per heavy atom. The van der Waals surface area contributed by atoms with E-state index >= 15 is 4.39 Å². The van der Waals surface area contributed by atoms with Crippen LogP contribution in [0.4, 0.5) is 8.78 Å². The van der Waals surface area contributed by atoms with Crippen molar-refractivity contribution >= 4 is 38.4 Å². The summed E-state index contributed by atoms with van der Waals surface area (Å²) in [4.78, 5) is 10.5. The van der Waals surface area contributed by atoms with Crippen LogP contribution in [0.5, 0.6) is 17.6 Å². The number of nitrogens with zero attached hydrogens (tertiary/aromatic N) is 3. The molecule has 0 amide bonds. The van der Waals surface area contributed by atoms with Crippen LogP contribution in [-0.2, 0) is 14.2 Å². The maximum absolute atomic E-state index is 15.6. The fourth-order valence-corrected chi connectivity index (χ4v) is 7.86. The van der Waals surface area contributed by atoms with Crippen molar-refractivity contribution in [2.24, 2.45) is 0 Å². The first kappa shape index (κ1) is 31.0. The van der Waals surface area contributed by atoms with Gasteiger partial charge in [0.15, 0.2) is 17.9 Å². The second-order valence-electron chi connectivity index (χ2n) is 12.8. The first-order valence-corrected chi connectivity index (χ1v) is 16.8. The molecule has 2 N–H and O–H groups in total. The van der Waals surface area contributed by atoms with Crippen molar-refractivity contribution in [3.8, 4) is 17.6 Å². The molecule has 10 nitrogen and oxygen atoms in total. The smallest absolute Gasteiger partial charge is 0.320 e. The monoisotopic (exact) mass is 702 g/mol. The molecule has 7 rings (SSSR count). The van der Waals surface area contributed by atoms with Crippen molar-refractivity contribution in [2.75, 3.05) is 46.1 Å². The van der Waals surface area contributed by atoms with Gasteiger partial charge in [0.25, 0.3) is 0 Å². The Kier molecular flexibility index (Phi) is 8.84. The van der Waals surface area contributed by atoms with Gasteiger partial charge in [0.2, 0.25) is 5.88 Å². The van der Waals surface area contributed by atoms with E-state index in [9.17, 15) is 9.50 Å². The Labute approximate surface area is 268 Å². The lowest BCUT2D eigenvalue weighted by Gasteiger charge is -2.34. The van der Waals surface area contributed by atoms with Crippen molar-refractivity contribution in [3.63, 3.8) is 0 Å². The number of benzene rings is 1. The number of aromatic hydroxyl groups is 1. The summed E-state index contributed by atoms with van der Waals surface area (Å²) in [6.07, 6.45) is 6.36. The van der Waals surface area contributed by atoms with Gasteiger partial charge in [-0.25, -0.2) is 8.78 Å². The maximum Gasteiger partial charge on any atom is 0.320 e. The summed E-state index contributed by atoms with van der Waals surface area (Å²) in [6, 6.07) is -0.320. The summed E-state index contributed by atoms with van der Waals surface area (Å²) in [5.41, 5.74) is -1.14. The highest BCUT2D eigenvalue weighted by Gasteiger charge is 2.54. The normalized spacial score (nSPS) is 30.5. The van der Waals surface area contributed by atoms with Crippen molar-refractivity contribution in [3.05, 3.63) is 15.3 Å². The fraction of sp³-hybridized carbons (Fsp3) is 0.733. The largest absolute Gasteiger partial charge is 0.493 e. The number of rotatable bonds is 11. The van der Waals surface area contributed by atoms with Gasteiger partial charge in [0, 0.05) is 32.2 Å². The summed E-state index contributed by atoms with van der Waals surface area (Å²) in [6.45, 7) is 3.38. The van der Waals surface area contributed by atoms with Gasteiger partial charge in [0.1, 0.15) is 35.3 Å². The van der Waals surface area contributed by atoms with Crippen molar-refractivity contribution in [1.82, 2.24) is 20.2 Å². The number of ether oxygens (including phenoxy) is 5. The first-order chi connectivity index (χ1) is 21.3. The minimum Gasteiger partial charge on any atom is -0.493 e. The van der Waals surface area contributed by atoms with Crippen molar-refractivity contribution in [1.29, 1.82) is 0 Å². The van der Waals surface area contributed by atoms with Crippen LogP contribution in [0.3, 0.4) is 0 Å². The number of hydrogen-bond donors (Lipinski definition) is 2. The molecule has 1 saturated carbocycles. The molecular weight excluding hydrogens is 666 g/mol. The minimum absolute atomic E-state index is 0.0488. The van der Waals surface area contributed by atoms with Crippen LogP contribution in [0.2, 0.25) is 5.02 Å². The van der Waals surface area contributed by atoms with Crippen LogP contribution in [0.1, 0.15) is 57.8 Å². The van der Waals surface area contributed by atoms with E-state index in [4.69, 9.17) is 35.3 Å². The summed E-state index contributed by atoms with van der Waals surface area (Å²) >= 11 is 9.85. The van der Waals surface area contributed by atoms with Crippen LogP contribution >= 0.6 is 27.5 Å². The molecule has 0 bridgehead atoms. The fourth-order valence-electron chi connectivity index (χ4n) is 7.26. The van der Waals surface area contributed by atoms with Gasteiger partial charge in [-0.05, 0) is 73.8 Å². The molecule has 5 aliphatic rings. The lowest BCUT2D eigenvalue weighted by atomic mass is 9.95. The lowest BCUT2D eigenvalue weighted by Crippen LogP contribution is -2.53. The van der Waals surface area contributed by atoms with Gasteiger partial charge >= 0.3 is 6.01 Å². The highest BCUT2D eigenvalue weighted by Crippen LogP contribution is 2.48. The van der Waals surface area contributed by atoms with Crippen LogP contribution in [0, 0.1) is 5.82 Å². The third-order valence-electron chi connectivity index (χ3n) is 9.76. The maximum atomic E-state index is 15.6. The quantitative estimate of drug-likeness (QED) is 0.309. The van der Waals surface area contributed by atoms with Crippen LogP contribution in [-0.4, -0.2) is 102 Å². The molecule has 4 saturated heterocycles. The van der Waals surface area contributed by atoms with E-state index in [-0.39, 0.29) is 63.7 Å². The summed E-state index contributed by atoms with van der Waals surface area (Å²) in [5, 5.41) is 14.6. The molecule has 5 fully saturated rings. The summed E-state index contributed by atoms with van der Waals surface area (Å²) in [7, 11) is 0. The summed E-state index contributed by atoms with van der Waals surface area (Å²) in [5.74, 6) is -1.25.